The van der Waals surface area contributed by atoms with Crippen molar-refractivity contribution in [2.75, 3.05) is 0 Å². The molecule has 0 amide bonds. The number of benzene rings is 2. The van der Waals surface area contributed by atoms with Crippen molar-refractivity contribution < 1.29 is 0 Å². The molecule has 0 N–H and O–H groups in total. The monoisotopic (exact) mass is 493 g/mol. The molecule has 0 radical (unpaired) electrons. The van der Waals surface area contributed by atoms with E-state index in [1.165, 1.54) is 64.2 Å². The zero-order chi connectivity index (χ0) is 23.9. The molecule has 4 heteroatoms. The minimum absolute atomic E-state index is 0.0966. The quantitative estimate of drug-likeness (QED) is 0.251. The van der Waals surface area contributed by atoms with Crippen LogP contribution in [-0.2, 0) is 0 Å². The van der Waals surface area contributed by atoms with Crippen LogP contribution in [0.4, 0.5) is 0 Å². The van der Waals surface area contributed by atoms with Crippen LogP contribution in [0.5, 0.6) is 0 Å². The summed E-state index contributed by atoms with van der Waals surface area (Å²) < 4.78 is 0. The van der Waals surface area contributed by atoms with Gasteiger partial charge in [0, 0.05) is 0 Å². The van der Waals surface area contributed by atoms with Gasteiger partial charge in [0.1, 0.15) is 0 Å². The summed E-state index contributed by atoms with van der Waals surface area (Å²) in [7, 11) is -0.549. The van der Waals surface area contributed by atoms with Gasteiger partial charge >= 0.3 is 0 Å². The van der Waals surface area contributed by atoms with Crippen molar-refractivity contribution in [3.8, 4) is 0 Å². The van der Waals surface area contributed by atoms with Crippen molar-refractivity contribution >= 4 is 32.5 Å². The molecule has 0 unspecified atom stereocenters. The fourth-order valence-corrected chi connectivity index (χ4v) is 16.3. The molecule has 2 aliphatic rings. The topological polar surface area (TPSA) is 3.24 Å². The highest BCUT2D eigenvalue weighted by molar-refractivity contribution is 8.24. The molecule has 0 atom stereocenters. The highest BCUT2D eigenvalue weighted by Crippen LogP contribution is 2.65. The van der Waals surface area contributed by atoms with Gasteiger partial charge in [-0.1, -0.05) is 135 Å². The Hall–Kier alpha value is -0.675. The molecule has 2 aliphatic carbocycles. The fraction of sp³-hybridized carbons (Fsp3) is 0.600. The number of rotatable bonds is 9. The molecular weight excluding hydrogens is 447 g/mol. The van der Waals surface area contributed by atoms with Crippen LogP contribution in [0.1, 0.15) is 91.9 Å². The van der Waals surface area contributed by atoms with Crippen LogP contribution in [-0.4, -0.2) is 34.5 Å². The van der Waals surface area contributed by atoms with Crippen molar-refractivity contribution in [3.05, 3.63) is 60.7 Å². The zero-order valence-electron chi connectivity index (χ0n) is 22.1. The molecule has 4 rings (SSSR count). The van der Waals surface area contributed by atoms with Crippen molar-refractivity contribution in [2.24, 2.45) is 0 Å². The summed E-state index contributed by atoms with van der Waals surface area (Å²) in [5.74, 6) is 0. The van der Waals surface area contributed by atoms with E-state index in [4.69, 9.17) is 0 Å². The van der Waals surface area contributed by atoms with Gasteiger partial charge in [-0.05, 0) is 59.7 Å². The van der Waals surface area contributed by atoms with E-state index in [0.717, 1.165) is 11.3 Å². The molecule has 34 heavy (non-hydrogen) atoms. The lowest BCUT2D eigenvalue weighted by molar-refractivity contribution is 0.314. The van der Waals surface area contributed by atoms with E-state index in [2.05, 4.69) is 93.2 Å². The van der Waals surface area contributed by atoms with Gasteiger partial charge in [-0.3, -0.25) is 0 Å². The Kier molecular flexibility index (Phi) is 10.1. The summed E-state index contributed by atoms with van der Waals surface area (Å²) in [4.78, 5) is 2.99. The molecule has 0 aromatic heterocycles. The predicted octanol–water partition coefficient (Wildman–Crippen LogP) is 8.37. The van der Waals surface area contributed by atoms with Gasteiger partial charge in [0.05, 0.1) is 0 Å². The summed E-state index contributed by atoms with van der Waals surface area (Å²) in [6.07, 6.45) is 15.3. The Morgan fingerprint density at radius 3 is 1.35 bits per heavy atom. The van der Waals surface area contributed by atoms with Crippen LogP contribution >= 0.6 is 15.6 Å². The average Bonchev–Trinajstić information content (AvgIpc) is 2.86. The lowest BCUT2D eigenvalue weighted by Gasteiger charge is -2.50. The Labute approximate surface area is 213 Å². The SMILES string of the molecule is CC(C)N(B(P(c1ccccc1)c1ccccc1)P(C1CCCCC1)C1CCCCC1)C(C)C. The highest BCUT2D eigenvalue weighted by Gasteiger charge is 2.48. The normalized spacial score (nSPS) is 18.5. The van der Waals surface area contributed by atoms with Crippen LogP contribution in [0.15, 0.2) is 60.7 Å². The molecular formula is C30H46BNP2. The maximum Gasteiger partial charge on any atom is 0.292 e. The van der Waals surface area contributed by atoms with Crippen LogP contribution < -0.4 is 10.6 Å². The summed E-state index contributed by atoms with van der Waals surface area (Å²) in [6, 6.07) is 24.4. The molecule has 184 valence electrons. The van der Waals surface area contributed by atoms with Gasteiger partial charge in [-0.25, -0.2) is 0 Å². The molecule has 0 spiro atoms. The number of nitrogens with zero attached hydrogens (tertiary/aromatic N) is 1. The fourth-order valence-electron chi connectivity index (χ4n) is 6.58. The zero-order valence-corrected chi connectivity index (χ0v) is 23.9. The molecule has 2 aromatic rings. The lowest BCUT2D eigenvalue weighted by atomic mass is 9.99. The molecule has 0 saturated heterocycles. The van der Waals surface area contributed by atoms with E-state index in [1.54, 1.807) is 10.6 Å². The van der Waals surface area contributed by atoms with E-state index in [-0.39, 0.29) is 7.80 Å². The third-order valence-corrected chi connectivity index (χ3v) is 15.5. The second kappa shape index (κ2) is 13.0. The third-order valence-electron chi connectivity index (χ3n) is 8.02. The molecule has 2 aromatic carbocycles. The first-order chi connectivity index (χ1) is 16.6. The summed E-state index contributed by atoms with van der Waals surface area (Å²) in [5, 5.41) is 3.17. The van der Waals surface area contributed by atoms with E-state index in [1.807, 2.05) is 0 Å². The minimum Gasteiger partial charge on any atom is -0.329 e. The van der Waals surface area contributed by atoms with Gasteiger partial charge < -0.3 is 4.81 Å². The maximum absolute atomic E-state index is 2.99. The Balaban J connectivity index is 1.89. The molecule has 2 fully saturated rings. The van der Waals surface area contributed by atoms with Crippen LogP contribution in [0.3, 0.4) is 0 Å². The second-order valence-electron chi connectivity index (χ2n) is 11.1. The summed E-state index contributed by atoms with van der Waals surface area (Å²) >= 11 is 0. The first-order valence-electron chi connectivity index (χ1n) is 14.0. The van der Waals surface area contributed by atoms with E-state index in [0.29, 0.717) is 18.4 Å². The summed E-state index contributed by atoms with van der Waals surface area (Å²) in [6.45, 7) is 9.86. The largest absolute Gasteiger partial charge is 0.329 e. The smallest absolute Gasteiger partial charge is 0.292 e. The molecule has 1 nitrogen and oxygen atoms in total. The van der Waals surface area contributed by atoms with Gasteiger partial charge in [0.2, 0.25) is 0 Å². The van der Waals surface area contributed by atoms with Crippen molar-refractivity contribution in [2.45, 2.75) is 115 Å². The van der Waals surface area contributed by atoms with Gasteiger partial charge in [-0.2, -0.15) is 0 Å². The van der Waals surface area contributed by atoms with Crippen LogP contribution in [0.25, 0.3) is 0 Å². The first kappa shape index (κ1) is 26.4. The Bertz CT molecular complexity index is 766. The Morgan fingerprint density at radius 2 is 1.00 bits per heavy atom. The van der Waals surface area contributed by atoms with Gasteiger partial charge in [-0.15, -0.1) is 7.80 Å². The first-order valence-corrected chi connectivity index (χ1v) is 17.0. The van der Waals surface area contributed by atoms with Crippen molar-refractivity contribution in [3.63, 3.8) is 0 Å². The second-order valence-corrected chi connectivity index (χ2v) is 16.6. The number of hydrogen-bond donors (Lipinski definition) is 0. The van der Waals surface area contributed by atoms with Crippen LogP contribution in [0.2, 0.25) is 0 Å². The van der Waals surface area contributed by atoms with Crippen LogP contribution in [0, 0.1) is 0 Å². The van der Waals surface area contributed by atoms with E-state index >= 15 is 0 Å². The van der Waals surface area contributed by atoms with Crippen molar-refractivity contribution in [1.82, 2.24) is 4.81 Å². The predicted molar refractivity (Wildman–Crippen MR) is 158 cm³/mol. The van der Waals surface area contributed by atoms with E-state index in [9.17, 15) is 0 Å². The molecule has 0 bridgehead atoms. The van der Waals surface area contributed by atoms with Gasteiger partial charge in [0.25, 0.3) is 6.29 Å². The summed E-state index contributed by atoms with van der Waals surface area (Å²) in [5.41, 5.74) is 1.91. The Morgan fingerprint density at radius 1 is 0.618 bits per heavy atom. The van der Waals surface area contributed by atoms with E-state index < -0.39 is 7.80 Å². The standard InChI is InChI=1S/C30H46BNP2/c1-25(2)32(26(3)4)31(33(27-17-9-5-10-18-27)28-19-11-6-12-20-28)34(29-21-13-7-14-22-29)30-23-15-8-16-24-30/h5-6,9-12,17-20,25-26,29-30H,7-8,13-16,21-24H2,1-4H3. The maximum atomic E-state index is 2.99. The van der Waals surface area contributed by atoms with Gasteiger partial charge in [0.15, 0.2) is 0 Å². The molecule has 2 saturated carbocycles. The highest BCUT2D eigenvalue weighted by atomic mass is 31.2. The van der Waals surface area contributed by atoms with Crippen molar-refractivity contribution in [1.29, 1.82) is 0 Å². The molecule has 0 heterocycles. The third kappa shape index (κ3) is 6.36. The lowest BCUT2D eigenvalue weighted by Crippen LogP contribution is -2.51. The molecule has 0 aliphatic heterocycles. The minimum atomic E-state index is -0.453. The number of hydrogen-bond acceptors (Lipinski definition) is 1. The average molecular weight is 493 g/mol.